The standard InChI is InChI=1S/C23H36F4O7Si/c1-22(2,3)35(5,6)34-14-12-32-10-8-30-7-9-31-11-13-33-19-16-17(23(25,26)27)15-18(20(19)24)21(28)29-4/h15-16H,7-14H2,1-6H3. The van der Waals surface area contributed by atoms with Crippen LogP contribution in [0.3, 0.4) is 0 Å². The zero-order valence-electron chi connectivity index (χ0n) is 21.2. The summed E-state index contributed by atoms with van der Waals surface area (Å²) in [5.74, 6) is -3.18. The first-order chi connectivity index (χ1) is 16.2. The summed E-state index contributed by atoms with van der Waals surface area (Å²) in [4.78, 5) is 11.6. The number of rotatable bonds is 15. The lowest BCUT2D eigenvalue weighted by molar-refractivity contribution is -0.137. The smallest absolute Gasteiger partial charge is 0.416 e. The minimum Gasteiger partial charge on any atom is -0.488 e. The van der Waals surface area contributed by atoms with E-state index in [0.29, 0.717) is 38.6 Å². The van der Waals surface area contributed by atoms with E-state index in [2.05, 4.69) is 38.6 Å². The molecule has 7 nitrogen and oxygen atoms in total. The van der Waals surface area contributed by atoms with Crippen molar-refractivity contribution in [3.8, 4) is 5.75 Å². The second-order valence-electron chi connectivity index (χ2n) is 9.12. The lowest BCUT2D eigenvalue weighted by Crippen LogP contribution is -2.41. The lowest BCUT2D eigenvalue weighted by atomic mass is 10.1. The van der Waals surface area contributed by atoms with Gasteiger partial charge in [-0.2, -0.15) is 13.2 Å². The van der Waals surface area contributed by atoms with Gasteiger partial charge < -0.3 is 28.1 Å². The normalized spacial score (nSPS) is 12.6. The number of halogens is 4. The molecule has 0 unspecified atom stereocenters. The van der Waals surface area contributed by atoms with Crippen LogP contribution in [0, 0.1) is 5.82 Å². The molecular weight excluding hydrogens is 492 g/mol. The van der Waals surface area contributed by atoms with E-state index in [1.165, 1.54) is 0 Å². The molecule has 1 rings (SSSR count). The number of carbonyl (C=O) groups excluding carboxylic acids is 1. The van der Waals surface area contributed by atoms with Gasteiger partial charge in [0.05, 0.1) is 64.5 Å². The summed E-state index contributed by atoms with van der Waals surface area (Å²) in [6.45, 7) is 12.9. The van der Waals surface area contributed by atoms with E-state index >= 15 is 0 Å². The fraction of sp³-hybridized carbons (Fsp3) is 0.696. The summed E-state index contributed by atoms with van der Waals surface area (Å²) < 4.78 is 84.9. The largest absolute Gasteiger partial charge is 0.488 e. The second kappa shape index (κ2) is 14.1. The second-order valence-corrected chi connectivity index (χ2v) is 13.9. The zero-order valence-corrected chi connectivity index (χ0v) is 22.2. The van der Waals surface area contributed by atoms with Crippen molar-refractivity contribution in [2.24, 2.45) is 0 Å². The number of hydrogen-bond donors (Lipinski definition) is 0. The van der Waals surface area contributed by atoms with Crippen LogP contribution in [0.4, 0.5) is 17.6 Å². The van der Waals surface area contributed by atoms with E-state index in [9.17, 15) is 22.4 Å². The van der Waals surface area contributed by atoms with E-state index < -0.39 is 43.2 Å². The number of alkyl halides is 3. The van der Waals surface area contributed by atoms with Crippen molar-refractivity contribution in [3.63, 3.8) is 0 Å². The summed E-state index contributed by atoms with van der Waals surface area (Å²) in [6, 6.07) is 0.870. The van der Waals surface area contributed by atoms with Gasteiger partial charge >= 0.3 is 12.1 Å². The van der Waals surface area contributed by atoms with Gasteiger partial charge in [-0.15, -0.1) is 0 Å². The predicted molar refractivity (Wildman–Crippen MR) is 124 cm³/mol. The van der Waals surface area contributed by atoms with Gasteiger partial charge in [0.2, 0.25) is 0 Å². The van der Waals surface area contributed by atoms with Gasteiger partial charge in [-0.1, -0.05) is 20.8 Å². The Balaban J connectivity index is 2.24. The van der Waals surface area contributed by atoms with E-state index in [0.717, 1.165) is 7.11 Å². The first-order valence-electron chi connectivity index (χ1n) is 11.2. The molecule has 0 spiro atoms. The Morgan fingerprint density at radius 2 is 1.34 bits per heavy atom. The number of esters is 1. The minimum absolute atomic E-state index is 0.0199. The molecule has 0 saturated heterocycles. The zero-order chi connectivity index (χ0) is 26.7. The molecule has 0 radical (unpaired) electrons. The summed E-state index contributed by atoms with van der Waals surface area (Å²) in [5.41, 5.74) is -2.09. The van der Waals surface area contributed by atoms with Crippen LogP contribution in [-0.4, -0.2) is 74.3 Å². The molecule has 0 atom stereocenters. The molecule has 0 aromatic heterocycles. The van der Waals surface area contributed by atoms with Crippen molar-refractivity contribution < 1.29 is 50.5 Å². The van der Waals surface area contributed by atoms with Gasteiger partial charge in [-0.05, 0) is 30.3 Å². The number of carbonyl (C=O) groups is 1. The van der Waals surface area contributed by atoms with Crippen LogP contribution in [0.25, 0.3) is 0 Å². The SMILES string of the molecule is COC(=O)c1cc(C(F)(F)F)cc(OCCOCCOCCOCCO[Si](C)(C)C(C)(C)C)c1F. The third-order valence-electron chi connectivity index (χ3n) is 5.50. The molecule has 0 aliphatic rings. The quantitative estimate of drug-likeness (QED) is 0.136. The van der Waals surface area contributed by atoms with Crippen molar-refractivity contribution in [1.29, 1.82) is 0 Å². The van der Waals surface area contributed by atoms with Gasteiger partial charge in [-0.25, -0.2) is 9.18 Å². The predicted octanol–water partition coefficient (Wildman–Crippen LogP) is 5.08. The topological polar surface area (TPSA) is 72.5 Å². The molecule has 35 heavy (non-hydrogen) atoms. The molecule has 0 aliphatic carbocycles. The average Bonchev–Trinajstić information content (AvgIpc) is 2.75. The highest BCUT2D eigenvalue weighted by Gasteiger charge is 2.37. The van der Waals surface area contributed by atoms with Crippen LogP contribution in [0.5, 0.6) is 5.75 Å². The van der Waals surface area contributed by atoms with Crippen molar-refractivity contribution in [1.82, 2.24) is 0 Å². The Morgan fingerprint density at radius 1 is 0.857 bits per heavy atom. The molecular formula is C23H36F4O7Si. The van der Waals surface area contributed by atoms with Crippen molar-refractivity contribution in [2.75, 3.05) is 60.0 Å². The molecule has 0 bridgehead atoms. The number of ether oxygens (including phenoxy) is 5. The first kappa shape index (κ1) is 31.3. The Morgan fingerprint density at radius 3 is 1.80 bits per heavy atom. The monoisotopic (exact) mass is 528 g/mol. The minimum atomic E-state index is -4.79. The van der Waals surface area contributed by atoms with E-state index in [4.69, 9.17) is 23.4 Å². The van der Waals surface area contributed by atoms with E-state index in [1.54, 1.807) is 0 Å². The lowest BCUT2D eigenvalue weighted by Gasteiger charge is -2.36. The fourth-order valence-electron chi connectivity index (χ4n) is 2.45. The molecule has 1 aromatic carbocycles. The van der Waals surface area contributed by atoms with Gasteiger partial charge in [-0.3, -0.25) is 0 Å². The maximum atomic E-state index is 14.3. The van der Waals surface area contributed by atoms with Crippen LogP contribution >= 0.6 is 0 Å². The van der Waals surface area contributed by atoms with Crippen molar-refractivity contribution >= 4 is 14.3 Å². The summed E-state index contributed by atoms with van der Waals surface area (Å²) in [7, 11) is -0.838. The first-order valence-corrected chi connectivity index (χ1v) is 14.1. The third-order valence-corrected chi connectivity index (χ3v) is 10.0. The fourth-order valence-corrected chi connectivity index (χ4v) is 3.48. The van der Waals surface area contributed by atoms with E-state index in [-0.39, 0.29) is 31.5 Å². The summed E-state index contributed by atoms with van der Waals surface area (Å²) >= 11 is 0. The molecule has 0 heterocycles. The summed E-state index contributed by atoms with van der Waals surface area (Å²) in [6.07, 6.45) is -4.79. The molecule has 12 heteroatoms. The summed E-state index contributed by atoms with van der Waals surface area (Å²) in [5, 5.41) is 0.147. The van der Waals surface area contributed by atoms with Gasteiger partial charge in [0, 0.05) is 0 Å². The Bertz CT molecular complexity index is 795. The average molecular weight is 529 g/mol. The van der Waals surface area contributed by atoms with Crippen LogP contribution in [0.1, 0.15) is 36.7 Å². The highest BCUT2D eigenvalue weighted by Crippen LogP contribution is 2.36. The number of hydrogen-bond acceptors (Lipinski definition) is 7. The molecule has 0 saturated carbocycles. The van der Waals surface area contributed by atoms with Gasteiger partial charge in [0.1, 0.15) is 6.61 Å². The molecule has 0 fully saturated rings. The highest BCUT2D eigenvalue weighted by molar-refractivity contribution is 6.74. The Labute approximate surface area is 205 Å². The molecule has 0 N–H and O–H groups in total. The maximum Gasteiger partial charge on any atom is 0.416 e. The van der Waals surface area contributed by atoms with Crippen LogP contribution in [0.2, 0.25) is 18.1 Å². The molecule has 0 amide bonds. The number of benzene rings is 1. The highest BCUT2D eigenvalue weighted by atomic mass is 28.4. The molecule has 202 valence electrons. The van der Waals surface area contributed by atoms with Crippen molar-refractivity contribution in [2.45, 2.75) is 45.1 Å². The number of methoxy groups -OCH3 is 1. The molecule has 0 aliphatic heterocycles. The Hall–Kier alpha value is -1.73. The third kappa shape index (κ3) is 10.8. The van der Waals surface area contributed by atoms with Crippen LogP contribution in [-0.2, 0) is 29.5 Å². The molecule has 1 aromatic rings. The maximum absolute atomic E-state index is 14.3. The van der Waals surface area contributed by atoms with Crippen molar-refractivity contribution in [3.05, 3.63) is 29.1 Å². The Kier molecular flexibility index (Phi) is 12.6. The van der Waals surface area contributed by atoms with E-state index in [1.807, 2.05) is 0 Å². The van der Waals surface area contributed by atoms with Crippen LogP contribution in [0.15, 0.2) is 12.1 Å². The van der Waals surface area contributed by atoms with Gasteiger partial charge in [0.25, 0.3) is 0 Å². The van der Waals surface area contributed by atoms with Gasteiger partial charge in [0.15, 0.2) is 19.9 Å². The van der Waals surface area contributed by atoms with Crippen LogP contribution < -0.4 is 4.74 Å².